The summed E-state index contributed by atoms with van der Waals surface area (Å²) in [4.78, 5) is 16.0. The first-order valence-electron chi connectivity index (χ1n) is 7.40. The second-order valence-electron chi connectivity index (χ2n) is 5.37. The van der Waals surface area contributed by atoms with Gasteiger partial charge in [0.05, 0.1) is 0 Å². The Morgan fingerprint density at radius 2 is 1.83 bits per heavy atom. The monoisotopic (exact) mass is 302 g/mol. The van der Waals surface area contributed by atoms with Crippen molar-refractivity contribution in [2.45, 2.75) is 6.54 Å². The van der Waals surface area contributed by atoms with Crippen LogP contribution < -0.4 is 10.7 Å². The van der Waals surface area contributed by atoms with Gasteiger partial charge in [-0.15, -0.1) is 0 Å². The molecule has 0 aromatic heterocycles. The zero-order valence-corrected chi connectivity index (χ0v) is 12.3. The number of anilines is 1. The van der Waals surface area contributed by atoms with Gasteiger partial charge in [0.1, 0.15) is 11.2 Å². The summed E-state index contributed by atoms with van der Waals surface area (Å²) in [6, 6.07) is 20.6. The van der Waals surface area contributed by atoms with E-state index in [-0.39, 0.29) is 5.43 Å². The lowest BCUT2D eigenvalue weighted by molar-refractivity contribution is 0.612. The molecule has 0 radical (unpaired) electrons. The van der Waals surface area contributed by atoms with E-state index in [2.05, 4.69) is 22.4 Å². The molecule has 1 aliphatic heterocycles. The third-order valence-corrected chi connectivity index (χ3v) is 3.69. The number of benzene rings is 3. The molecule has 2 aliphatic rings. The maximum Gasteiger partial charge on any atom is 0.182 e. The van der Waals surface area contributed by atoms with E-state index in [1.807, 2.05) is 36.4 Å². The Morgan fingerprint density at radius 3 is 2.70 bits per heavy atom. The summed E-state index contributed by atoms with van der Waals surface area (Å²) in [6.45, 7) is 0.734. The molecular weight excluding hydrogens is 288 g/mol. The van der Waals surface area contributed by atoms with Crippen LogP contribution in [-0.4, -0.2) is 4.98 Å². The van der Waals surface area contributed by atoms with Crippen LogP contribution in [0.1, 0.15) is 5.56 Å². The Morgan fingerprint density at radius 1 is 0.957 bits per heavy atom. The molecule has 0 spiro atoms. The average molecular weight is 302 g/mol. The Bertz CT molecular complexity index is 993. The van der Waals surface area contributed by atoms with Crippen molar-refractivity contribution < 1.29 is 4.42 Å². The van der Waals surface area contributed by atoms with Crippen molar-refractivity contribution in [1.29, 1.82) is 0 Å². The Hall–Kier alpha value is -3.14. The third-order valence-electron chi connectivity index (χ3n) is 3.69. The second-order valence-corrected chi connectivity index (χ2v) is 5.37. The average Bonchev–Trinajstić information content (AvgIpc) is 2.59. The number of aromatic nitrogens is 1. The van der Waals surface area contributed by atoms with Crippen molar-refractivity contribution in [1.82, 2.24) is 4.98 Å². The van der Waals surface area contributed by atoms with E-state index in [9.17, 15) is 4.79 Å². The van der Waals surface area contributed by atoms with Crippen molar-refractivity contribution in [2.75, 3.05) is 5.32 Å². The van der Waals surface area contributed by atoms with Crippen LogP contribution in [0.2, 0.25) is 0 Å². The maximum atomic E-state index is 11.4. The van der Waals surface area contributed by atoms with E-state index in [0.29, 0.717) is 17.0 Å². The van der Waals surface area contributed by atoms with Gasteiger partial charge in [0, 0.05) is 24.4 Å². The van der Waals surface area contributed by atoms with E-state index in [4.69, 9.17) is 4.42 Å². The van der Waals surface area contributed by atoms with Crippen molar-refractivity contribution in [3.8, 4) is 11.5 Å². The van der Waals surface area contributed by atoms with Crippen LogP contribution in [-0.2, 0) is 6.54 Å². The molecule has 112 valence electrons. The quantitative estimate of drug-likeness (QED) is 0.583. The highest BCUT2D eigenvalue weighted by atomic mass is 16.3. The molecule has 0 unspecified atom stereocenters. The minimum atomic E-state index is -0.0826. The van der Waals surface area contributed by atoms with Gasteiger partial charge in [0.15, 0.2) is 16.8 Å². The summed E-state index contributed by atoms with van der Waals surface area (Å²) in [5.41, 5.74) is 4.17. The van der Waals surface area contributed by atoms with Crippen LogP contribution in [0, 0.1) is 0 Å². The Labute approximate surface area is 132 Å². The highest BCUT2D eigenvalue weighted by molar-refractivity contribution is 5.79. The third kappa shape index (κ3) is 2.79. The largest absolute Gasteiger partial charge is 0.453 e. The molecule has 0 bridgehead atoms. The normalized spacial score (nSPS) is 11.0. The zero-order chi connectivity index (χ0) is 15.6. The fourth-order valence-corrected chi connectivity index (χ4v) is 2.51. The molecule has 0 amide bonds. The first kappa shape index (κ1) is 13.5. The zero-order valence-electron chi connectivity index (χ0n) is 12.3. The Kier molecular flexibility index (Phi) is 3.27. The van der Waals surface area contributed by atoms with Gasteiger partial charge in [-0.1, -0.05) is 30.3 Å². The molecule has 23 heavy (non-hydrogen) atoms. The van der Waals surface area contributed by atoms with E-state index < -0.39 is 0 Å². The van der Waals surface area contributed by atoms with Gasteiger partial charge in [-0.3, -0.25) is 4.79 Å². The van der Waals surface area contributed by atoms with Crippen LogP contribution in [0.3, 0.4) is 0 Å². The smallest absolute Gasteiger partial charge is 0.182 e. The molecule has 4 heteroatoms. The first-order chi connectivity index (χ1) is 11.3. The molecule has 1 aliphatic carbocycles. The second kappa shape index (κ2) is 5.57. The van der Waals surface area contributed by atoms with Crippen molar-refractivity contribution in [3.05, 3.63) is 82.5 Å². The Balaban J connectivity index is 1.68. The summed E-state index contributed by atoms with van der Waals surface area (Å²) in [5.74, 6) is 0.505. The van der Waals surface area contributed by atoms with Gasteiger partial charge in [0.25, 0.3) is 0 Å². The fourth-order valence-electron chi connectivity index (χ4n) is 2.51. The molecular formula is C19H14N2O2. The first-order valence-corrected chi connectivity index (χ1v) is 7.40. The van der Waals surface area contributed by atoms with Gasteiger partial charge < -0.3 is 9.73 Å². The van der Waals surface area contributed by atoms with Gasteiger partial charge in [0.2, 0.25) is 0 Å². The molecule has 4 rings (SSSR count). The van der Waals surface area contributed by atoms with Gasteiger partial charge in [-0.2, -0.15) is 0 Å². The van der Waals surface area contributed by atoms with Gasteiger partial charge in [-0.25, -0.2) is 4.98 Å². The highest BCUT2D eigenvalue weighted by Crippen LogP contribution is 2.25. The molecule has 2 aromatic carbocycles. The lowest BCUT2D eigenvalue weighted by Gasteiger charge is -2.09. The number of fused-ring (bicyclic) bond motifs is 2. The van der Waals surface area contributed by atoms with Crippen LogP contribution in [0.5, 0.6) is 0 Å². The molecule has 0 saturated carbocycles. The van der Waals surface area contributed by atoms with Crippen LogP contribution in [0.4, 0.5) is 5.69 Å². The fraction of sp³-hybridized carbons (Fsp3) is 0.0526. The lowest BCUT2D eigenvalue weighted by Crippen LogP contribution is -2.01. The predicted molar refractivity (Wildman–Crippen MR) is 90.7 cm³/mol. The maximum absolute atomic E-state index is 11.4. The standard InChI is InChI=1S/C19H14N2O2/c22-15-7-9-17-19(11-15)23-18-10-14(6-8-16(18)21-17)20-12-13-4-2-1-3-5-13/h1-11,20H,12H2. The number of hydrogen-bond acceptors (Lipinski definition) is 4. The van der Waals surface area contributed by atoms with Crippen LogP contribution >= 0.6 is 0 Å². The molecule has 2 aromatic rings. The van der Waals surface area contributed by atoms with Gasteiger partial charge >= 0.3 is 0 Å². The minimum absolute atomic E-state index is 0.0826. The van der Waals surface area contributed by atoms with E-state index in [0.717, 1.165) is 17.7 Å². The van der Waals surface area contributed by atoms with Crippen molar-refractivity contribution in [3.63, 3.8) is 0 Å². The predicted octanol–water partition coefficient (Wildman–Crippen LogP) is 3.90. The number of hydrogen-bond donors (Lipinski definition) is 1. The number of rotatable bonds is 3. The number of nitrogens with one attached hydrogen (secondary N) is 1. The summed E-state index contributed by atoms with van der Waals surface area (Å²) in [5, 5.41) is 3.36. The van der Waals surface area contributed by atoms with Gasteiger partial charge in [-0.05, 0) is 29.8 Å². The number of nitrogens with zero attached hydrogens (tertiary/aromatic N) is 1. The summed E-state index contributed by atoms with van der Waals surface area (Å²) < 4.78 is 5.82. The summed E-state index contributed by atoms with van der Waals surface area (Å²) in [7, 11) is 0. The summed E-state index contributed by atoms with van der Waals surface area (Å²) >= 11 is 0. The highest BCUT2D eigenvalue weighted by Gasteiger charge is 2.09. The molecule has 0 fully saturated rings. The van der Waals surface area contributed by atoms with Crippen LogP contribution in [0.15, 0.2) is 75.9 Å². The van der Waals surface area contributed by atoms with Crippen molar-refractivity contribution >= 4 is 16.8 Å². The molecule has 0 atom stereocenters. The van der Waals surface area contributed by atoms with E-state index >= 15 is 0 Å². The molecule has 1 N–H and O–H groups in total. The summed E-state index contributed by atoms with van der Waals surface area (Å²) in [6.07, 6.45) is 0. The van der Waals surface area contributed by atoms with E-state index in [1.165, 1.54) is 17.7 Å². The topological polar surface area (TPSA) is 55.1 Å². The molecule has 4 nitrogen and oxygen atoms in total. The SMILES string of the molecule is O=c1ccc2nc3ccc(NCc4ccccc4)cc3oc-2c1. The van der Waals surface area contributed by atoms with Crippen LogP contribution in [0.25, 0.3) is 22.6 Å². The molecule has 1 heterocycles. The lowest BCUT2D eigenvalue weighted by atomic mass is 10.2. The van der Waals surface area contributed by atoms with E-state index in [1.54, 1.807) is 6.07 Å². The minimum Gasteiger partial charge on any atom is -0.453 e. The van der Waals surface area contributed by atoms with Crippen molar-refractivity contribution in [2.24, 2.45) is 0 Å². The molecule has 0 saturated heterocycles.